The third-order valence-electron chi connectivity index (χ3n) is 3.46. The largest absolute Gasteiger partial charge is 0.469 e. The van der Waals surface area contributed by atoms with Crippen LogP contribution >= 0.6 is 11.6 Å². The number of carbonyl (C=O) groups excluding carboxylic acids is 2. The van der Waals surface area contributed by atoms with Crippen molar-refractivity contribution in [3.05, 3.63) is 59.0 Å². The maximum absolute atomic E-state index is 12.1. The Morgan fingerprint density at radius 3 is 2.68 bits per heavy atom. The van der Waals surface area contributed by atoms with Crippen molar-refractivity contribution in [1.82, 2.24) is 5.32 Å². The number of rotatable bonds is 6. The molecule has 6 heteroatoms. The summed E-state index contributed by atoms with van der Waals surface area (Å²) >= 11 is 5.94. The highest BCUT2D eigenvalue weighted by molar-refractivity contribution is 6.30. The Hall–Kier alpha value is -2.27. The lowest BCUT2D eigenvalue weighted by atomic mass is 9.91. The second kappa shape index (κ2) is 6.66. The summed E-state index contributed by atoms with van der Waals surface area (Å²) in [5.41, 5.74) is 4.70. The molecule has 2 rings (SSSR count). The van der Waals surface area contributed by atoms with Crippen molar-refractivity contribution in [3.8, 4) is 0 Å². The molecule has 22 heavy (non-hydrogen) atoms. The van der Waals surface area contributed by atoms with E-state index in [0.717, 1.165) is 0 Å². The molecule has 0 saturated carbocycles. The van der Waals surface area contributed by atoms with Crippen LogP contribution in [-0.4, -0.2) is 11.8 Å². The fourth-order valence-electron chi connectivity index (χ4n) is 2.11. The first kappa shape index (κ1) is 16.1. The zero-order valence-electron chi connectivity index (χ0n) is 12.1. The van der Waals surface area contributed by atoms with Crippen molar-refractivity contribution in [2.75, 3.05) is 0 Å². The van der Waals surface area contributed by atoms with E-state index in [1.54, 1.807) is 49.6 Å². The summed E-state index contributed by atoms with van der Waals surface area (Å²) in [4.78, 5) is 24.0. The minimum atomic E-state index is -1.31. The topological polar surface area (TPSA) is 85.3 Å². The average molecular weight is 321 g/mol. The first-order valence-electron chi connectivity index (χ1n) is 6.81. The molecule has 1 aromatic heterocycles. The van der Waals surface area contributed by atoms with Gasteiger partial charge in [-0.2, -0.15) is 0 Å². The minimum absolute atomic E-state index is 0.191. The molecule has 0 fully saturated rings. The summed E-state index contributed by atoms with van der Waals surface area (Å²) in [6, 6.07) is 10.2. The van der Waals surface area contributed by atoms with Gasteiger partial charge in [-0.15, -0.1) is 0 Å². The fourth-order valence-corrected chi connectivity index (χ4v) is 2.30. The van der Waals surface area contributed by atoms with E-state index in [9.17, 15) is 9.59 Å². The van der Waals surface area contributed by atoms with Gasteiger partial charge in [-0.05, 0) is 36.8 Å². The van der Waals surface area contributed by atoms with E-state index in [2.05, 4.69) is 5.32 Å². The number of hydrogen-bond donors (Lipinski definition) is 2. The van der Waals surface area contributed by atoms with Crippen LogP contribution in [0.15, 0.2) is 47.1 Å². The van der Waals surface area contributed by atoms with Gasteiger partial charge in [-0.3, -0.25) is 9.59 Å². The first-order chi connectivity index (χ1) is 10.4. The molecule has 1 heterocycles. The molecule has 0 aliphatic carbocycles. The third-order valence-corrected chi connectivity index (χ3v) is 3.70. The summed E-state index contributed by atoms with van der Waals surface area (Å²) < 4.78 is 5.17. The summed E-state index contributed by atoms with van der Waals surface area (Å²) in [7, 11) is 0. The molecule has 3 N–H and O–H groups in total. The quantitative estimate of drug-likeness (QED) is 0.857. The SMILES string of the molecule is C[C@@](NC(=O)CCc1ccco1)(C(N)=O)c1cccc(Cl)c1. The third kappa shape index (κ3) is 3.68. The molecule has 0 aliphatic heterocycles. The van der Waals surface area contributed by atoms with E-state index in [1.165, 1.54) is 0 Å². The van der Waals surface area contributed by atoms with Crippen molar-refractivity contribution in [1.29, 1.82) is 0 Å². The lowest BCUT2D eigenvalue weighted by molar-refractivity contribution is -0.131. The van der Waals surface area contributed by atoms with E-state index < -0.39 is 11.4 Å². The van der Waals surface area contributed by atoms with Crippen LogP contribution in [0.25, 0.3) is 0 Å². The highest BCUT2D eigenvalue weighted by Crippen LogP contribution is 2.23. The van der Waals surface area contributed by atoms with Crippen LogP contribution in [0, 0.1) is 0 Å². The Morgan fingerprint density at radius 2 is 2.09 bits per heavy atom. The number of amides is 2. The predicted molar refractivity (Wildman–Crippen MR) is 83.2 cm³/mol. The summed E-state index contributed by atoms with van der Waals surface area (Å²) in [5.74, 6) is -0.238. The first-order valence-corrected chi connectivity index (χ1v) is 7.19. The molecule has 0 radical (unpaired) electrons. The van der Waals surface area contributed by atoms with Gasteiger partial charge in [-0.25, -0.2) is 0 Å². The Bertz CT molecular complexity index is 670. The molecule has 0 unspecified atom stereocenters. The maximum Gasteiger partial charge on any atom is 0.247 e. The van der Waals surface area contributed by atoms with Gasteiger partial charge in [0.1, 0.15) is 11.3 Å². The van der Waals surface area contributed by atoms with Gasteiger partial charge in [0.2, 0.25) is 11.8 Å². The predicted octanol–water partition coefficient (Wildman–Crippen LogP) is 2.38. The normalized spacial score (nSPS) is 13.4. The molecule has 2 aromatic rings. The van der Waals surface area contributed by atoms with Gasteiger partial charge in [-0.1, -0.05) is 23.7 Å². The maximum atomic E-state index is 12.1. The Balaban J connectivity index is 2.11. The van der Waals surface area contributed by atoms with Crippen molar-refractivity contribution in [3.63, 3.8) is 0 Å². The minimum Gasteiger partial charge on any atom is -0.469 e. The Morgan fingerprint density at radius 1 is 1.32 bits per heavy atom. The highest BCUT2D eigenvalue weighted by Gasteiger charge is 2.35. The number of hydrogen-bond acceptors (Lipinski definition) is 3. The highest BCUT2D eigenvalue weighted by atomic mass is 35.5. The number of benzene rings is 1. The second-order valence-corrected chi connectivity index (χ2v) is 5.56. The van der Waals surface area contributed by atoms with E-state index in [4.69, 9.17) is 21.8 Å². The van der Waals surface area contributed by atoms with Crippen LogP contribution in [0.1, 0.15) is 24.7 Å². The van der Waals surface area contributed by atoms with E-state index in [1.807, 2.05) is 0 Å². The monoisotopic (exact) mass is 320 g/mol. The van der Waals surface area contributed by atoms with Crippen LogP contribution in [0.3, 0.4) is 0 Å². The molecule has 0 saturated heterocycles. The zero-order chi connectivity index (χ0) is 16.2. The van der Waals surface area contributed by atoms with Gasteiger partial charge in [0.25, 0.3) is 0 Å². The molecule has 0 bridgehead atoms. The number of halogens is 1. The van der Waals surface area contributed by atoms with Crippen LogP contribution in [-0.2, 0) is 21.5 Å². The standard InChI is InChI=1S/C16H17ClN2O3/c1-16(15(18)21,11-4-2-5-12(17)10-11)19-14(20)8-7-13-6-3-9-22-13/h2-6,9-10H,7-8H2,1H3,(H2,18,21)(H,19,20)/t16-/m0/s1. The molecule has 0 aliphatic rings. The van der Waals surface area contributed by atoms with Gasteiger partial charge in [0.05, 0.1) is 6.26 Å². The van der Waals surface area contributed by atoms with Gasteiger partial charge in [0.15, 0.2) is 0 Å². The number of carbonyl (C=O) groups is 2. The van der Waals surface area contributed by atoms with Crippen molar-refractivity contribution >= 4 is 23.4 Å². The van der Waals surface area contributed by atoms with E-state index in [-0.39, 0.29) is 12.3 Å². The lowest BCUT2D eigenvalue weighted by Crippen LogP contribution is -2.52. The molecule has 0 spiro atoms. The molecule has 2 amide bonds. The molecule has 1 atom stereocenters. The molecule has 116 valence electrons. The smallest absolute Gasteiger partial charge is 0.247 e. The number of nitrogens with one attached hydrogen (secondary N) is 1. The second-order valence-electron chi connectivity index (χ2n) is 5.13. The summed E-state index contributed by atoms with van der Waals surface area (Å²) in [6.45, 7) is 1.56. The van der Waals surface area contributed by atoms with Crippen LogP contribution in [0.2, 0.25) is 5.02 Å². The molecular formula is C16H17ClN2O3. The summed E-state index contributed by atoms with van der Waals surface area (Å²) in [5, 5.41) is 3.15. The lowest BCUT2D eigenvalue weighted by Gasteiger charge is -2.28. The van der Waals surface area contributed by atoms with E-state index in [0.29, 0.717) is 22.8 Å². The Kier molecular flexibility index (Phi) is 4.88. The fraction of sp³-hybridized carbons (Fsp3) is 0.250. The van der Waals surface area contributed by atoms with E-state index >= 15 is 0 Å². The number of primary amides is 1. The molecule has 5 nitrogen and oxygen atoms in total. The van der Waals surface area contributed by atoms with Crippen molar-refractivity contribution in [2.24, 2.45) is 5.73 Å². The molecule has 1 aromatic carbocycles. The number of aryl methyl sites for hydroxylation is 1. The van der Waals surface area contributed by atoms with Crippen LogP contribution < -0.4 is 11.1 Å². The zero-order valence-corrected chi connectivity index (χ0v) is 12.9. The molecular weight excluding hydrogens is 304 g/mol. The average Bonchev–Trinajstić information content (AvgIpc) is 2.98. The van der Waals surface area contributed by atoms with Gasteiger partial charge in [0, 0.05) is 17.9 Å². The van der Waals surface area contributed by atoms with Crippen molar-refractivity contribution in [2.45, 2.75) is 25.3 Å². The number of furan rings is 1. The van der Waals surface area contributed by atoms with Gasteiger partial charge < -0.3 is 15.5 Å². The van der Waals surface area contributed by atoms with Crippen LogP contribution in [0.5, 0.6) is 0 Å². The summed E-state index contributed by atoms with van der Waals surface area (Å²) in [6.07, 6.45) is 2.19. The van der Waals surface area contributed by atoms with Crippen molar-refractivity contribution < 1.29 is 14.0 Å². The Labute approximate surface area is 133 Å². The van der Waals surface area contributed by atoms with Crippen LogP contribution in [0.4, 0.5) is 0 Å². The van der Waals surface area contributed by atoms with Gasteiger partial charge >= 0.3 is 0 Å². The number of nitrogens with two attached hydrogens (primary N) is 1.